The lowest BCUT2D eigenvalue weighted by atomic mass is 10.2. The highest BCUT2D eigenvalue weighted by atomic mass is 16.5. The molecule has 1 saturated heterocycles. The third-order valence-electron chi connectivity index (χ3n) is 6.55. The number of hydrogen-bond donors (Lipinski definition) is 0. The average Bonchev–Trinajstić information content (AvgIpc) is 3.17. The molecule has 0 atom stereocenters. The highest BCUT2D eigenvalue weighted by molar-refractivity contribution is 5.86. The van der Waals surface area contributed by atoms with Crippen molar-refractivity contribution in [2.75, 3.05) is 53.0 Å². The predicted octanol–water partition coefficient (Wildman–Crippen LogP) is 3.55. The Morgan fingerprint density at radius 3 is 2.69 bits per heavy atom. The van der Waals surface area contributed by atoms with Gasteiger partial charge < -0.3 is 23.7 Å². The fourth-order valence-electron chi connectivity index (χ4n) is 4.50. The molecular weight excluding hydrogens is 444 g/mol. The molecule has 8 heteroatoms. The Morgan fingerprint density at radius 2 is 1.83 bits per heavy atom. The molecule has 1 aliphatic rings. The largest absolute Gasteiger partial charge is 0.493 e. The van der Waals surface area contributed by atoms with Crippen molar-refractivity contribution < 1.29 is 13.9 Å². The molecule has 0 unspecified atom stereocenters. The SMILES string of the molecule is Cc1ccc2c(c1)oc(=O)n2CCOc1ccnc2cc(OCCCN3CCN(C)CC3)ccc12. The lowest BCUT2D eigenvalue weighted by molar-refractivity contribution is 0.145. The van der Waals surface area contributed by atoms with E-state index in [4.69, 9.17) is 13.9 Å². The monoisotopic (exact) mass is 476 g/mol. The number of benzene rings is 2. The van der Waals surface area contributed by atoms with Crippen molar-refractivity contribution in [1.82, 2.24) is 19.4 Å². The van der Waals surface area contributed by atoms with E-state index in [1.807, 2.05) is 49.4 Å². The number of aromatic nitrogens is 2. The highest BCUT2D eigenvalue weighted by Crippen LogP contribution is 2.27. The summed E-state index contributed by atoms with van der Waals surface area (Å²) in [6.07, 6.45) is 2.73. The summed E-state index contributed by atoms with van der Waals surface area (Å²) in [5.74, 6) is 1.17. The van der Waals surface area contributed by atoms with Crippen molar-refractivity contribution in [3.8, 4) is 11.5 Å². The van der Waals surface area contributed by atoms with E-state index in [0.29, 0.717) is 25.3 Å². The van der Waals surface area contributed by atoms with Crippen LogP contribution in [0, 0.1) is 6.92 Å². The van der Waals surface area contributed by atoms with Gasteiger partial charge in [0.15, 0.2) is 5.58 Å². The Kier molecular flexibility index (Phi) is 7.01. The van der Waals surface area contributed by atoms with Crippen LogP contribution >= 0.6 is 0 Å². The molecule has 1 fully saturated rings. The van der Waals surface area contributed by atoms with E-state index < -0.39 is 0 Å². The molecule has 5 rings (SSSR count). The van der Waals surface area contributed by atoms with Gasteiger partial charge in [0, 0.05) is 50.4 Å². The molecule has 1 aliphatic heterocycles. The van der Waals surface area contributed by atoms with Crippen molar-refractivity contribution >= 4 is 22.0 Å². The molecule has 0 aliphatic carbocycles. The summed E-state index contributed by atoms with van der Waals surface area (Å²) in [6, 6.07) is 13.5. The fraction of sp³-hybridized carbons (Fsp3) is 0.407. The van der Waals surface area contributed by atoms with Gasteiger partial charge in [0.25, 0.3) is 0 Å². The zero-order valence-electron chi connectivity index (χ0n) is 20.4. The first-order valence-electron chi connectivity index (χ1n) is 12.2. The van der Waals surface area contributed by atoms with E-state index in [9.17, 15) is 4.79 Å². The summed E-state index contributed by atoms with van der Waals surface area (Å²) in [7, 11) is 2.17. The number of nitrogens with zero attached hydrogens (tertiary/aromatic N) is 4. The van der Waals surface area contributed by atoms with E-state index in [1.165, 1.54) is 0 Å². The second kappa shape index (κ2) is 10.5. The lowest BCUT2D eigenvalue weighted by Crippen LogP contribution is -2.44. The quantitative estimate of drug-likeness (QED) is 0.342. The molecule has 0 spiro atoms. The van der Waals surface area contributed by atoms with E-state index >= 15 is 0 Å². The molecule has 0 saturated carbocycles. The van der Waals surface area contributed by atoms with Crippen LogP contribution in [0.3, 0.4) is 0 Å². The van der Waals surface area contributed by atoms with Crippen LogP contribution in [0.2, 0.25) is 0 Å². The summed E-state index contributed by atoms with van der Waals surface area (Å²) in [6.45, 7) is 8.98. The van der Waals surface area contributed by atoms with Gasteiger partial charge in [0.2, 0.25) is 0 Å². The zero-order chi connectivity index (χ0) is 24.2. The number of pyridine rings is 1. The van der Waals surface area contributed by atoms with Crippen LogP contribution in [0.1, 0.15) is 12.0 Å². The van der Waals surface area contributed by atoms with Crippen molar-refractivity contribution in [2.24, 2.45) is 0 Å². The number of hydrogen-bond acceptors (Lipinski definition) is 7. The molecule has 35 heavy (non-hydrogen) atoms. The van der Waals surface area contributed by atoms with Crippen LogP contribution in [0.5, 0.6) is 11.5 Å². The lowest BCUT2D eigenvalue weighted by Gasteiger charge is -2.32. The average molecular weight is 477 g/mol. The normalized spacial score (nSPS) is 15.1. The first-order valence-corrected chi connectivity index (χ1v) is 12.2. The summed E-state index contributed by atoms with van der Waals surface area (Å²) in [4.78, 5) is 21.6. The van der Waals surface area contributed by atoms with Crippen LogP contribution in [-0.4, -0.2) is 72.3 Å². The van der Waals surface area contributed by atoms with Crippen LogP contribution < -0.4 is 15.2 Å². The van der Waals surface area contributed by atoms with Gasteiger partial charge >= 0.3 is 5.76 Å². The smallest absolute Gasteiger partial charge is 0.420 e. The number of oxazole rings is 1. The van der Waals surface area contributed by atoms with Crippen LogP contribution in [0.25, 0.3) is 22.0 Å². The van der Waals surface area contributed by atoms with E-state index in [2.05, 4.69) is 21.8 Å². The van der Waals surface area contributed by atoms with Crippen molar-refractivity contribution in [3.05, 3.63) is 64.8 Å². The van der Waals surface area contributed by atoms with Gasteiger partial charge in [-0.25, -0.2) is 4.79 Å². The molecule has 0 N–H and O–H groups in total. The Labute approximate surface area is 204 Å². The number of fused-ring (bicyclic) bond motifs is 2. The second-order valence-electron chi connectivity index (χ2n) is 9.17. The molecule has 4 aromatic rings. The number of likely N-dealkylation sites (N-methyl/N-ethyl adjacent to an activating group) is 1. The third-order valence-corrected chi connectivity index (χ3v) is 6.55. The van der Waals surface area contributed by atoms with Crippen molar-refractivity contribution in [3.63, 3.8) is 0 Å². The standard InChI is InChI=1S/C27H32N4O4/c1-20-4-7-24-26(18-20)35-27(32)31(24)15-17-34-25-8-9-28-23-19-21(5-6-22(23)25)33-16-3-10-30-13-11-29(2)12-14-30/h4-9,18-19H,3,10-17H2,1-2H3. The first-order chi connectivity index (χ1) is 17.1. The Bertz CT molecular complexity index is 1350. The van der Waals surface area contributed by atoms with Gasteiger partial charge in [0.1, 0.15) is 18.1 Å². The molecular formula is C27H32N4O4. The number of rotatable bonds is 9. The molecule has 3 heterocycles. The highest BCUT2D eigenvalue weighted by Gasteiger charge is 2.13. The molecule has 0 bridgehead atoms. The molecule has 184 valence electrons. The maximum absolute atomic E-state index is 12.3. The number of aryl methyl sites for hydroxylation is 1. The summed E-state index contributed by atoms with van der Waals surface area (Å²) < 4.78 is 19.0. The van der Waals surface area contributed by atoms with E-state index in [0.717, 1.165) is 72.6 Å². The van der Waals surface area contributed by atoms with Gasteiger partial charge in [-0.15, -0.1) is 0 Å². The van der Waals surface area contributed by atoms with Crippen molar-refractivity contribution in [1.29, 1.82) is 0 Å². The van der Waals surface area contributed by atoms with Crippen LogP contribution in [0.15, 0.2) is 57.9 Å². The maximum Gasteiger partial charge on any atom is 0.420 e. The second-order valence-corrected chi connectivity index (χ2v) is 9.17. The molecule has 2 aromatic heterocycles. The first kappa shape index (κ1) is 23.4. The van der Waals surface area contributed by atoms with Gasteiger partial charge in [-0.2, -0.15) is 0 Å². The summed E-state index contributed by atoms with van der Waals surface area (Å²) >= 11 is 0. The minimum atomic E-state index is -0.372. The topological polar surface area (TPSA) is 73.0 Å². The van der Waals surface area contributed by atoms with E-state index in [-0.39, 0.29) is 5.76 Å². The van der Waals surface area contributed by atoms with Crippen LogP contribution in [0.4, 0.5) is 0 Å². The third kappa shape index (κ3) is 5.49. The fourth-order valence-corrected chi connectivity index (χ4v) is 4.50. The Morgan fingerprint density at radius 1 is 0.971 bits per heavy atom. The molecule has 0 amide bonds. The van der Waals surface area contributed by atoms with E-state index in [1.54, 1.807) is 10.8 Å². The van der Waals surface area contributed by atoms with Gasteiger partial charge in [-0.3, -0.25) is 9.55 Å². The Hall–Kier alpha value is -3.36. The molecule has 0 radical (unpaired) electrons. The summed E-state index contributed by atoms with van der Waals surface area (Å²) in [5, 5.41) is 0.914. The number of ether oxygens (including phenoxy) is 2. The molecule has 8 nitrogen and oxygen atoms in total. The van der Waals surface area contributed by atoms with Crippen LogP contribution in [-0.2, 0) is 6.54 Å². The summed E-state index contributed by atoms with van der Waals surface area (Å²) in [5.41, 5.74) is 3.25. The maximum atomic E-state index is 12.3. The van der Waals surface area contributed by atoms with Gasteiger partial charge in [-0.05, 0) is 56.3 Å². The molecule has 2 aromatic carbocycles. The van der Waals surface area contributed by atoms with Gasteiger partial charge in [0.05, 0.1) is 24.2 Å². The zero-order valence-corrected chi connectivity index (χ0v) is 20.4. The van der Waals surface area contributed by atoms with Crippen molar-refractivity contribution in [2.45, 2.75) is 19.9 Å². The minimum Gasteiger partial charge on any atom is -0.493 e. The van der Waals surface area contributed by atoms with Gasteiger partial charge in [-0.1, -0.05) is 6.07 Å². The number of piperazine rings is 1. The Balaban J connectivity index is 1.17. The predicted molar refractivity (Wildman–Crippen MR) is 136 cm³/mol. The minimum absolute atomic E-state index is 0.339.